The summed E-state index contributed by atoms with van der Waals surface area (Å²) in [6, 6.07) is 11.1. The van der Waals surface area contributed by atoms with Gasteiger partial charge in [0.05, 0.1) is 5.92 Å². The maximum absolute atomic E-state index is 10.8. The van der Waals surface area contributed by atoms with Crippen molar-refractivity contribution in [1.82, 2.24) is 9.80 Å². The van der Waals surface area contributed by atoms with Crippen LogP contribution >= 0.6 is 0 Å². The van der Waals surface area contributed by atoms with Crippen molar-refractivity contribution >= 4 is 5.97 Å². The zero-order chi connectivity index (χ0) is 13.2. The smallest absolute Gasteiger partial charge is 0.309 e. The van der Waals surface area contributed by atoms with Gasteiger partial charge in [0.15, 0.2) is 0 Å². The van der Waals surface area contributed by atoms with Crippen LogP contribution in [0.15, 0.2) is 30.3 Å². The lowest BCUT2D eigenvalue weighted by molar-refractivity contribution is -0.148. The SMILES string of the molecule is O=C(O)C1CN(C2CCN(Cc3ccccc3)C2)C1. The Labute approximate surface area is 113 Å². The van der Waals surface area contributed by atoms with Gasteiger partial charge in [-0.15, -0.1) is 0 Å². The third kappa shape index (κ3) is 2.80. The first-order chi connectivity index (χ1) is 9.22. The highest BCUT2D eigenvalue weighted by Gasteiger charge is 2.38. The fourth-order valence-electron chi connectivity index (χ4n) is 3.06. The van der Waals surface area contributed by atoms with Gasteiger partial charge < -0.3 is 5.11 Å². The molecule has 2 saturated heterocycles. The van der Waals surface area contributed by atoms with E-state index in [1.807, 2.05) is 6.07 Å². The highest BCUT2D eigenvalue weighted by molar-refractivity contribution is 5.71. The molecule has 0 amide bonds. The van der Waals surface area contributed by atoms with Crippen LogP contribution < -0.4 is 0 Å². The zero-order valence-electron chi connectivity index (χ0n) is 11.0. The van der Waals surface area contributed by atoms with E-state index < -0.39 is 5.97 Å². The van der Waals surface area contributed by atoms with Crippen molar-refractivity contribution in [2.75, 3.05) is 26.2 Å². The summed E-state index contributed by atoms with van der Waals surface area (Å²) in [7, 11) is 0. The molecule has 2 heterocycles. The summed E-state index contributed by atoms with van der Waals surface area (Å²) < 4.78 is 0. The first-order valence-corrected chi connectivity index (χ1v) is 6.95. The molecule has 1 aromatic carbocycles. The molecule has 0 aromatic heterocycles. The normalized spacial score (nSPS) is 25.4. The second-order valence-electron chi connectivity index (χ2n) is 5.65. The van der Waals surface area contributed by atoms with Crippen molar-refractivity contribution in [3.63, 3.8) is 0 Å². The minimum absolute atomic E-state index is 0.136. The average molecular weight is 260 g/mol. The molecule has 19 heavy (non-hydrogen) atoms. The van der Waals surface area contributed by atoms with E-state index in [4.69, 9.17) is 5.11 Å². The summed E-state index contributed by atoms with van der Waals surface area (Å²) >= 11 is 0. The summed E-state index contributed by atoms with van der Waals surface area (Å²) in [6.45, 7) is 4.67. The standard InChI is InChI=1S/C15H20N2O2/c18-15(19)13-9-17(10-13)14-6-7-16(11-14)8-12-4-2-1-3-5-12/h1-5,13-14H,6-11H2,(H,18,19). The molecule has 1 N–H and O–H groups in total. The van der Waals surface area contributed by atoms with Crippen LogP contribution in [0.5, 0.6) is 0 Å². The summed E-state index contributed by atoms with van der Waals surface area (Å²) in [4.78, 5) is 15.6. The molecule has 3 rings (SSSR count). The molecule has 0 spiro atoms. The third-order valence-electron chi connectivity index (χ3n) is 4.27. The van der Waals surface area contributed by atoms with Crippen molar-refractivity contribution < 1.29 is 9.90 Å². The number of hydrogen-bond donors (Lipinski definition) is 1. The molecule has 4 heteroatoms. The molecule has 2 aliphatic rings. The van der Waals surface area contributed by atoms with Gasteiger partial charge in [-0.3, -0.25) is 14.6 Å². The predicted octanol–water partition coefficient (Wildman–Crippen LogP) is 1.28. The number of hydrogen-bond acceptors (Lipinski definition) is 3. The van der Waals surface area contributed by atoms with Crippen LogP contribution in [-0.4, -0.2) is 53.1 Å². The molecule has 0 saturated carbocycles. The van der Waals surface area contributed by atoms with Gasteiger partial charge in [0.25, 0.3) is 0 Å². The highest BCUT2D eigenvalue weighted by Crippen LogP contribution is 2.25. The van der Waals surface area contributed by atoms with Crippen LogP contribution in [-0.2, 0) is 11.3 Å². The van der Waals surface area contributed by atoms with Gasteiger partial charge in [0.1, 0.15) is 0 Å². The minimum atomic E-state index is -0.643. The van der Waals surface area contributed by atoms with E-state index in [9.17, 15) is 4.79 Å². The molecule has 1 atom stereocenters. The van der Waals surface area contributed by atoms with E-state index in [-0.39, 0.29) is 5.92 Å². The van der Waals surface area contributed by atoms with Gasteiger partial charge in [-0.2, -0.15) is 0 Å². The van der Waals surface area contributed by atoms with Crippen LogP contribution in [0.1, 0.15) is 12.0 Å². The molecular formula is C15H20N2O2. The molecule has 0 aliphatic carbocycles. The van der Waals surface area contributed by atoms with Crippen molar-refractivity contribution in [2.24, 2.45) is 5.92 Å². The van der Waals surface area contributed by atoms with E-state index in [1.54, 1.807) is 0 Å². The Morgan fingerprint density at radius 1 is 1.21 bits per heavy atom. The van der Waals surface area contributed by atoms with Gasteiger partial charge in [-0.05, 0) is 12.0 Å². The Hall–Kier alpha value is -1.39. The molecular weight excluding hydrogens is 240 g/mol. The second-order valence-corrected chi connectivity index (χ2v) is 5.65. The number of carboxylic acid groups (broad SMARTS) is 1. The van der Waals surface area contributed by atoms with Crippen LogP contribution in [0.2, 0.25) is 0 Å². The Kier molecular flexibility index (Phi) is 3.53. The van der Waals surface area contributed by atoms with E-state index in [1.165, 1.54) is 12.0 Å². The largest absolute Gasteiger partial charge is 0.481 e. The number of carbonyl (C=O) groups is 1. The van der Waals surface area contributed by atoms with E-state index in [0.29, 0.717) is 6.04 Å². The Morgan fingerprint density at radius 3 is 2.63 bits per heavy atom. The molecule has 0 radical (unpaired) electrons. The molecule has 4 nitrogen and oxygen atoms in total. The maximum Gasteiger partial charge on any atom is 0.309 e. The minimum Gasteiger partial charge on any atom is -0.481 e. The fraction of sp³-hybridized carbons (Fsp3) is 0.533. The third-order valence-corrected chi connectivity index (χ3v) is 4.27. The summed E-state index contributed by atoms with van der Waals surface area (Å²) in [5, 5.41) is 8.90. The Balaban J connectivity index is 1.47. The van der Waals surface area contributed by atoms with Gasteiger partial charge in [-0.25, -0.2) is 0 Å². The van der Waals surface area contributed by atoms with Gasteiger partial charge in [0.2, 0.25) is 0 Å². The molecule has 102 valence electrons. The van der Waals surface area contributed by atoms with Crippen LogP contribution in [0.3, 0.4) is 0 Å². The molecule has 1 aromatic rings. The number of benzene rings is 1. The molecule has 2 aliphatic heterocycles. The number of nitrogens with zero attached hydrogens (tertiary/aromatic N) is 2. The molecule has 2 fully saturated rings. The van der Waals surface area contributed by atoms with Crippen molar-refractivity contribution in [2.45, 2.75) is 19.0 Å². The lowest BCUT2D eigenvalue weighted by atomic mass is 9.97. The number of aliphatic carboxylic acids is 1. The van der Waals surface area contributed by atoms with Crippen LogP contribution in [0.4, 0.5) is 0 Å². The van der Waals surface area contributed by atoms with Crippen molar-refractivity contribution in [3.8, 4) is 0 Å². The summed E-state index contributed by atoms with van der Waals surface area (Å²) in [5.74, 6) is -0.779. The molecule has 1 unspecified atom stereocenters. The average Bonchev–Trinajstić information content (AvgIpc) is 2.76. The van der Waals surface area contributed by atoms with Gasteiger partial charge in [-0.1, -0.05) is 30.3 Å². The van der Waals surface area contributed by atoms with Crippen LogP contribution in [0, 0.1) is 5.92 Å². The highest BCUT2D eigenvalue weighted by atomic mass is 16.4. The zero-order valence-corrected chi connectivity index (χ0v) is 11.0. The monoisotopic (exact) mass is 260 g/mol. The lowest BCUT2D eigenvalue weighted by Crippen LogP contribution is -2.55. The number of likely N-dealkylation sites (tertiary alicyclic amines) is 2. The van der Waals surface area contributed by atoms with E-state index in [2.05, 4.69) is 34.1 Å². The lowest BCUT2D eigenvalue weighted by Gasteiger charge is -2.41. The van der Waals surface area contributed by atoms with E-state index >= 15 is 0 Å². The van der Waals surface area contributed by atoms with Crippen molar-refractivity contribution in [1.29, 1.82) is 0 Å². The van der Waals surface area contributed by atoms with Crippen LogP contribution in [0.25, 0.3) is 0 Å². The first kappa shape index (κ1) is 12.6. The second kappa shape index (κ2) is 5.31. The summed E-state index contributed by atoms with van der Waals surface area (Å²) in [5.41, 5.74) is 1.36. The van der Waals surface area contributed by atoms with Gasteiger partial charge >= 0.3 is 5.97 Å². The number of rotatable bonds is 4. The molecule has 0 bridgehead atoms. The fourth-order valence-corrected chi connectivity index (χ4v) is 3.06. The topological polar surface area (TPSA) is 43.8 Å². The Bertz CT molecular complexity index is 443. The van der Waals surface area contributed by atoms with Gasteiger partial charge in [0, 0.05) is 38.8 Å². The van der Waals surface area contributed by atoms with E-state index in [0.717, 1.165) is 32.7 Å². The predicted molar refractivity (Wildman–Crippen MR) is 72.8 cm³/mol. The quantitative estimate of drug-likeness (QED) is 0.885. The summed E-state index contributed by atoms with van der Waals surface area (Å²) in [6.07, 6.45) is 1.17. The Morgan fingerprint density at radius 2 is 1.95 bits per heavy atom. The number of carboxylic acids is 1. The first-order valence-electron chi connectivity index (χ1n) is 6.95. The maximum atomic E-state index is 10.8. The van der Waals surface area contributed by atoms with Crippen molar-refractivity contribution in [3.05, 3.63) is 35.9 Å².